The number of amides is 2. The van der Waals surface area contributed by atoms with Gasteiger partial charge in [-0.05, 0) is 26.0 Å². The third-order valence-corrected chi connectivity index (χ3v) is 7.83. The van der Waals surface area contributed by atoms with Gasteiger partial charge in [-0.15, -0.1) is 11.8 Å². The van der Waals surface area contributed by atoms with Crippen LogP contribution in [0.2, 0.25) is 0 Å². The van der Waals surface area contributed by atoms with Crippen molar-refractivity contribution in [2.45, 2.75) is 36.1 Å². The number of nitrogens with one attached hydrogen (secondary N) is 1. The van der Waals surface area contributed by atoms with E-state index < -0.39 is 90.0 Å². The minimum absolute atomic E-state index is 0. The van der Waals surface area contributed by atoms with Crippen molar-refractivity contribution in [2.75, 3.05) is 45.9 Å². The number of thioether (sulfide) groups is 1. The number of carbonyl (C=O) groups is 7. The van der Waals surface area contributed by atoms with E-state index in [2.05, 4.69) is 5.32 Å². The van der Waals surface area contributed by atoms with Crippen LogP contribution in [0.25, 0.3) is 0 Å². The molecule has 45 heavy (non-hydrogen) atoms. The van der Waals surface area contributed by atoms with Crippen molar-refractivity contribution < 1.29 is 115 Å². The molecule has 1 aromatic carbocycles. The number of carboxylic acids is 5. The van der Waals surface area contributed by atoms with Gasteiger partial charge in [-0.25, -0.2) is 0 Å². The maximum absolute atomic E-state index is 12.2. The van der Waals surface area contributed by atoms with Gasteiger partial charge in [0.1, 0.15) is 17.2 Å². The maximum atomic E-state index is 12.2. The standard InChI is InChI=1S/C16H18N2O5S.C10H16N2O8.K/c1-16(2)12(15(21)22)18-13(20)11(14(18)24-16)17-10(19)8-23-9-6-4-3-5-7-9;13-7(14)3-11(4-8(15)16)1-2-12(5-9(17)18)6-10(19)20;/h3-7,11-12,14H,8H2,1-2H3,(H,17,19)(H,21,22);1-6H2,(H,13,14)(H,15,16)(H,17,18)(H,19,20);/q;;+1/p-1/t11-,12+,14-;;/m1../s1. The number of carboxylic acid groups (broad SMARTS) is 5. The number of ether oxygens (including phenoxy) is 1. The Morgan fingerprint density at radius 2 is 1.33 bits per heavy atom. The number of hydrogen-bond donors (Lipinski definition) is 5. The van der Waals surface area contributed by atoms with Gasteiger partial charge in [0, 0.05) is 17.8 Å². The van der Waals surface area contributed by atoms with E-state index in [1.54, 1.807) is 38.1 Å². The molecule has 0 bridgehead atoms. The number of carbonyl (C=O) groups excluding carboxylic acids is 3. The Labute approximate surface area is 304 Å². The van der Waals surface area contributed by atoms with E-state index in [4.69, 9.17) is 25.2 Å². The van der Waals surface area contributed by atoms with Gasteiger partial charge in [0.05, 0.1) is 38.2 Å². The number of nitrogens with zero attached hydrogens (tertiary/aromatic N) is 3. The average molecular weight is 681 g/mol. The maximum Gasteiger partial charge on any atom is 1.00 e. The molecule has 0 saturated carbocycles. The number of hydrogen-bond acceptors (Lipinski definition) is 12. The van der Waals surface area contributed by atoms with Crippen LogP contribution in [-0.4, -0.2) is 145 Å². The van der Waals surface area contributed by atoms with Gasteiger partial charge in [0.2, 0.25) is 5.91 Å². The Hall–Kier alpha value is -2.78. The largest absolute Gasteiger partial charge is 1.00 e. The fourth-order valence-corrected chi connectivity index (χ4v) is 6.10. The summed E-state index contributed by atoms with van der Waals surface area (Å²) in [5.41, 5.74) is 0. The van der Waals surface area contributed by atoms with Crippen LogP contribution in [0.15, 0.2) is 30.3 Å². The van der Waals surface area contributed by atoms with E-state index in [1.165, 1.54) is 16.7 Å². The number of β-lactam (4-membered cyclic amide) rings is 1. The number of para-hydroxylation sites is 1. The van der Waals surface area contributed by atoms with Crippen LogP contribution in [0.5, 0.6) is 5.75 Å². The van der Waals surface area contributed by atoms with Crippen molar-refractivity contribution in [3.05, 3.63) is 30.3 Å². The fraction of sp³-hybridized carbons (Fsp3) is 0.500. The Balaban J connectivity index is 0.000000450. The Morgan fingerprint density at radius 1 is 0.889 bits per heavy atom. The van der Waals surface area contributed by atoms with Crippen molar-refractivity contribution in [3.8, 4) is 5.75 Å². The van der Waals surface area contributed by atoms with Crippen LogP contribution in [0, 0.1) is 0 Å². The minimum Gasteiger partial charge on any atom is -0.548 e. The Morgan fingerprint density at radius 3 is 1.73 bits per heavy atom. The third kappa shape index (κ3) is 12.9. The molecule has 3 rings (SSSR count). The monoisotopic (exact) mass is 680 g/mol. The molecule has 2 amide bonds. The molecule has 19 heteroatoms. The van der Waals surface area contributed by atoms with Crippen LogP contribution in [-0.2, 0) is 33.6 Å². The van der Waals surface area contributed by atoms with Crippen molar-refractivity contribution >= 4 is 53.4 Å². The van der Waals surface area contributed by atoms with Crippen molar-refractivity contribution in [1.82, 2.24) is 20.0 Å². The van der Waals surface area contributed by atoms with Crippen molar-refractivity contribution in [1.29, 1.82) is 0 Å². The quantitative estimate of drug-likeness (QED) is 0.0805. The molecule has 242 valence electrons. The van der Waals surface area contributed by atoms with Crippen LogP contribution in [0.4, 0.5) is 0 Å². The Bertz CT molecular complexity index is 1180. The molecular weight excluding hydrogens is 647 g/mol. The van der Waals surface area contributed by atoms with Gasteiger partial charge in [-0.3, -0.25) is 38.6 Å². The predicted octanol–water partition coefficient (Wildman–Crippen LogP) is -5.70. The molecule has 2 aliphatic heterocycles. The fourth-order valence-electron chi connectivity index (χ4n) is 4.48. The molecule has 1 aromatic rings. The van der Waals surface area contributed by atoms with Gasteiger partial charge >= 0.3 is 75.3 Å². The normalized spacial score (nSPS) is 19.2. The zero-order valence-electron chi connectivity index (χ0n) is 24.8. The molecule has 2 saturated heterocycles. The number of rotatable bonds is 16. The molecule has 0 spiro atoms. The first-order valence-corrected chi connectivity index (χ1v) is 13.9. The van der Waals surface area contributed by atoms with E-state index >= 15 is 0 Å². The summed E-state index contributed by atoms with van der Waals surface area (Å²) in [6, 6.07) is 7.14. The predicted molar refractivity (Wildman–Crippen MR) is 148 cm³/mol. The first-order chi connectivity index (χ1) is 20.5. The minimum atomic E-state index is -1.28. The van der Waals surface area contributed by atoms with Crippen LogP contribution in [0.1, 0.15) is 13.8 Å². The van der Waals surface area contributed by atoms with E-state index in [9.17, 15) is 38.7 Å². The molecular formula is C26H33KN4O13S. The van der Waals surface area contributed by atoms with Crippen molar-refractivity contribution in [3.63, 3.8) is 0 Å². The molecule has 0 aliphatic carbocycles. The topological polar surface area (TPSA) is 254 Å². The molecule has 5 N–H and O–H groups in total. The second-order valence-corrected chi connectivity index (χ2v) is 12.0. The van der Waals surface area contributed by atoms with Gasteiger partial charge in [0.25, 0.3) is 5.91 Å². The summed E-state index contributed by atoms with van der Waals surface area (Å²) >= 11 is 1.35. The zero-order chi connectivity index (χ0) is 33.2. The molecule has 0 aromatic heterocycles. The molecule has 2 heterocycles. The second-order valence-electron chi connectivity index (χ2n) is 10.2. The Kier molecular flexibility index (Phi) is 16.4. The van der Waals surface area contributed by atoms with Gasteiger partial charge in [-0.2, -0.15) is 0 Å². The van der Waals surface area contributed by atoms with Crippen LogP contribution >= 0.6 is 11.8 Å². The molecule has 0 radical (unpaired) electrons. The summed E-state index contributed by atoms with van der Waals surface area (Å²) in [5.74, 6) is -6.46. The van der Waals surface area contributed by atoms with E-state index in [-0.39, 0.29) is 71.1 Å². The average Bonchev–Trinajstić information content (AvgIpc) is 3.16. The summed E-state index contributed by atoms with van der Waals surface area (Å²) < 4.78 is 4.67. The number of fused-ring (bicyclic) bond motifs is 1. The summed E-state index contributed by atoms with van der Waals surface area (Å²) in [5, 5.41) is 48.0. The molecule has 3 atom stereocenters. The smallest absolute Gasteiger partial charge is 0.548 e. The zero-order valence-corrected chi connectivity index (χ0v) is 28.7. The summed E-state index contributed by atoms with van der Waals surface area (Å²) in [6.07, 6.45) is 0. The molecule has 2 fully saturated rings. The van der Waals surface area contributed by atoms with Crippen LogP contribution < -0.4 is 66.5 Å². The van der Waals surface area contributed by atoms with Gasteiger partial charge in [0.15, 0.2) is 6.61 Å². The first kappa shape index (κ1) is 40.2. The van der Waals surface area contributed by atoms with E-state index in [0.29, 0.717) is 5.75 Å². The SMILES string of the molecule is CC1(C)S[C@@H]2[C@H](NC(=O)COc3ccccc3)C(=O)N2[C@H]1C(=O)[O-].O=C(O)CN(CCN(CC(=O)O)CC(=O)O)CC(=O)O.[K+]. The molecule has 17 nitrogen and oxygen atoms in total. The van der Waals surface area contributed by atoms with Crippen molar-refractivity contribution in [2.24, 2.45) is 0 Å². The van der Waals surface area contributed by atoms with Crippen LogP contribution in [0.3, 0.4) is 0 Å². The molecule has 2 aliphatic rings. The van der Waals surface area contributed by atoms with Gasteiger partial charge in [-0.1, -0.05) is 18.2 Å². The number of benzene rings is 1. The molecule has 0 unspecified atom stereocenters. The van der Waals surface area contributed by atoms with E-state index in [0.717, 1.165) is 9.80 Å². The summed E-state index contributed by atoms with van der Waals surface area (Å²) in [4.78, 5) is 81.2. The van der Waals surface area contributed by atoms with E-state index in [1.807, 2.05) is 6.07 Å². The summed E-state index contributed by atoms with van der Waals surface area (Å²) in [7, 11) is 0. The van der Waals surface area contributed by atoms with Gasteiger partial charge < -0.3 is 45.3 Å². The second kappa shape index (κ2) is 18.4. The first-order valence-electron chi connectivity index (χ1n) is 13.0. The number of aliphatic carboxylic acids is 5. The third-order valence-electron chi connectivity index (χ3n) is 6.26. The summed E-state index contributed by atoms with van der Waals surface area (Å²) in [6.45, 7) is 1.04.